The Morgan fingerprint density at radius 1 is 0.484 bits per heavy atom. The average molecular weight is 909 g/mol. The second-order valence-electron chi connectivity index (χ2n) is 17.7. The van der Waals surface area contributed by atoms with Crippen molar-refractivity contribution in [3.8, 4) is 41.1 Å². The van der Waals surface area contributed by atoms with Crippen molar-refractivity contribution in [3.05, 3.63) is 40.1 Å². The van der Waals surface area contributed by atoms with E-state index in [1.165, 1.54) is 165 Å². The van der Waals surface area contributed by atoms with Crippen LogP contribution in [0.2, 0.25) is 0 Å². The number of aromatic nitrogens is 1. The fourth-order valence-electron chi connectivity index (χ4n) is 8.62. The van der Waals surface area contributed by atoms with Gasteiger partial charge in [-0.1, -0.05) is 194 Å². The van der Waals surface area contributed by atoms with Gasteiger partial charge in [0.05, 0.1) is 51.5 Å². The molecule has 64 heavy (non-hydrogen) atoms. The molecule has 1 aromatic carbocycles. The van der Waals surface area contributed by atoms with E-state index in [-0.39, 0.29) is 11.1 Å². The first-order chi connectivity index (χ1) is 31.6. The standard InChI is InChI=1S/C55H80N4O3S2/c1-4-7-10-13-16-19-22-25-28-31-35-60-50-39-46(59-48-34-38-63-54(48)55-49(59)41-52(64-55)47(44-58)45(42-56)43-57)40-51(61-36-32-29-26-23-20-17-14-11-8-5-2)53(50)62-37-33-30-27-24-21-18-15-12-9-6-3/h34,38-41H,4-33,35-37H2,1-3H3. The van der Waals surface area contributed by atoms with Crippen LogP contribution in [0.5, 0.6) is 17.2 Å². The summed E-state index contributed by atoms with van der Waals surface area (Å²) in [6, 6.07) is 14.3. The minimum Gasteiger partial charge on any atom is -0.489 e. The first kappa shape index (κ1) is 52.7. The average Bonchev–Trinajstić information content (AvgIpc) is 4.02. The van der Waals surface area contributed by atoms with E-state index in [4.69, 9.17) is 14.2 Å². The van der Waals surface area contributed by atoms with Crippen molar-refractivity contribution in [2.24, 2.45) is 0 Å². The number of benzene rings is 1. The third-order valence-corrected chi connectivity index (χ3v) is 14.6. The van der Waals surface area contributed by atoms with Crippen LogP contribution in [-0.4, -0.2) is 24.4 Å². The van der Waals surface area contributed by atoms with Gasteiger partial charge in [0.15, 0.2) is 11.5 Å². The summed E-state index contributed by atoms with van der Waals surface area (Å²) in [5, 5.41) is 31.5. The lowest BCUT2D eigenvalue weighted by molar-refractivity contribution is 0.234. The van der Waals surface area contributed by atoms with Crippen LogP contribution in [0.1, 0.15) is 218 Å². The van der Waals surface area contributed by atoms with Crippen molar-refractivity contribution in [1.29, 1.82) is 15.8 Å². The summed E-state index contributed by atoms with van der Waals surface area (Å²) >= 11 is 3.11. The number of unbranched alkanes of at least 4 members (excludes halogenated alkanes) is 27. The molecule has 0 saturated heterocycles. The summed E-state index contributed by atoms with van der Waals surface area (Å²) in [6.45, 7) is 8.64. The Bertz CT molecular complexity index is 1990. The third-order valence-electron chi connectivity index (χ3n) is 12.4. The van der Waals surface area contributed by atoms with E-state index in [0.29, 0.717) is 41.9 Å². The maximum atomic E-state index is 10.1. The van der Waals surface area contributed by atoms with Crippen LogP contribution in [0.3, 0.4) is 0 Å². The minimum atomic E-state index is -0.172. The molecule has 0 fully saturated rings. The maximum Gasteiger partial charge on any atom is 0.203 e. The van der Waals surface area contributed by atoms with Crippen LogP contribution in [0.25, 0.3) is 31.7 Å². The molecule has 0 unspecified atom stereocenters. The molecule has 3 aromatic heterocycles. The van der Waals surface area contributed by atoms with Gasteiger partial charge in [0.2, 0.25) is 5.75 Å². The Morgan fingerprint density at radius 2 is 0.891 bits per heavy atom. The van der Waals surface area contributed by atoms with Crippen molar-refractivity contribution < 1.29 is 14.2 Å². The maximum absolute atomic E-state index is 10.1. The highest BCUT2D eigenvalue weighted by Crippen LogP contribution is 2.46. The van der Waals surface area contributed by atoms with Gasteiger partial charge in [-0.2, -0.15) is 15.8 Å². The summed E-state index contributed by atoms with van der Waals surface area (Å²) in [5.74, 6) is 2.10. The van der Waals surface area contributed by atoms with Crippen LogP contribution in [0, 0.1) is 34.0 Å². The number of fused-ring (bicyclic) bond motifs is 3. The highest BCUT2D eigenvalue weighted by atomic mass is 32.1. The molecule has 4 rings (SSSR count). The molecule has 7 nitrogen and oxygen atoms in total. The molecule has 0 aliphatic carbocycles. The zero-order valence-electron chi connectivity index (χ0n) is 40.1. The Hall–Kier alpha value is -3.97. The fourth-order valence-corrected chi connectivity index (χ4v) is 10.8. The number of hydrogen-bond donors (Lipinski definition) is 0. The summed E-state index contributed by atoms with van der Waals surface area (Å²) in [4.78, 5) is 0.612. The lowest BCUT2D eigenvalue weighted by atomic mass is 10.1. The van der Waals surface area contributed by atoms with Gasteiger partial charge in [0.1, 0.15) is 23.8 Å². The predicted molar refractivity (Wildman–Crippen MR) is 272 cm³/mol. The summed E-state index contributed by atoms with van der Waals surface area (Å²) in [5.41, 5.74) is 2.81. The first-order valence-electron chi connectivity index (χ1n) is 25.6. The molecule has 9 heteroatoms. The SMILES string of the molecule is CCCCCCCCCCCCOc1cc(-n2c3ccsc3c3sc(C(C#N)=C(C#N)C#N)cc32)cc(OCCCCCCCCCCCC)c1OCCCCCCCCCCCC. The first-order valence-corrected chi connectivity index (χ1v) is 27.3. The second-order valence-corrected chi connectivity index (χ2v) is 19.7. The molecule has 3 heterocycles. The van der Waals surface area contributed by atoms with E-state index >= 15 is 0 Å². The molecule has 0 bridgehead atoms. The monoisotopic (exact) mass is 909 g/mol. The summed E-state index contributed by atoms with van der Waals surface area (Å²) in [7, 11) is 0. The quantitative estimate of drug-likeness (QED) is 0.0328. The van der Waals surface area contributed by atoms with E-state index in [2.05, 4.69) is 55.0 Å². The second kappa shape index (κ2) is 32.6. The van der Waals surface area contributed by atoms with Gasteiger partial charge < -0.3 is 18.8 Å². The topological polar surface area (TPSA) is 104 Å². The molecule has 0 aliphatic rings. The number of hydrogen-bond acceptors (Lipinski definition) is 8. The van der Waals surface area contributed by atoms with Crippen molar-refractivity contribution in [2.75, 3.05) is 19.8 Å². The lowest BCUT2D eigenvalue weighted by Crippen LogP contribution is -2.08. The zero-order chi connectivity index (χ0) is 45.5. The van der Waals surface area contributed by atoms with Crippen molar-refractivity contribution in [3.63, 3.8) is 0 Å². The van der Waals surface area contributed by atoms with Crippen molar-refractivity contribution in [2.45, 2.75) is 213 Å². The number of nitriles is 3. The molecular formula is C55H80N4O3S2. The van der Waals surface area contributed by atoms with Crippen LogP contribution in [-0.2, 0) is 0 Å². The predicted octanol–water partition coefficient (Wildman–Crippen LogP) is 18.1. The molecule has 0 atom stereocenters. The molecule has 4 aromatic rings. The zero-order valence-corrected chi connectivity index (χ0v) is 41.7. The molecule has 0 aliphatic heterocycles. The molecule has 0 N–H and O–H groups in total. The highest BCUT2D eigenvalue weighted by Gasteiger charge is 2.23. The van der Waals surface area contributed by atoms with Gasteiger partial charge in [-0.3, -0.25) is 0 Å². The number of thiophene rings is 2. The van der Waals surface area contributed by atoms with E-state index in [0.717, 1.165) is 64.6 Å². The van der Waals surface area contributed by atoms with E-state index in [9.17, 15) is 15.8 Å². The molecule has 0 radical (unpaired) electrons. The Labute approximate surface area is 395 Å². The van der Waals surface area contributed by atoms with Gasteiger partial charge >= 0.3 is 0 Å². The third kappa shape index (κ3) is 17.8. The minimum absolute atomic E-state index is 0.110. The van der Waals surface area contributed by atoms with Gasteiger partial charge in [-0.05, 0) is 36.8 Å². The van der Waals surface area contributed by atoms with E-state index < -0.39 is 0 Å². The molecule has 0 saturated carbocycles. The van der Waals surface area contributed by atoms with Crippen LogP contribution < -0.4 is 14.2 Å². The number of ether oxygens (including phenoxy) is 3. The van der Waals surface area contributed by atoms with Crippen LogP contribution in [0.15, 0.2) is 35.2 Å². The molecule has 0 amide bonds. The Kier molecular flexibility index (Phi) is 26.9. The van der Waals surface area contributed by atoms with E-state index in [1.54, 1.807) is 11.3 Å². The molecular weight excluding hydrogens is 829 g/mol. The molecule has 350 valence electrons. The van der Waals surface area contributed by atoms with Gasteiger partial charge in [-0.25, -0.2) is 0 Å². The van der Waals surface area contributed by atoms with Gasteiger partial charge in [-0.15, -0.1) is 22.7 Å². The van der Waals surface area contributed by atoms with Gasteiger partial charge in [0, 0.05) is 17.0 Å². The fraction of sp³-hybridized carbons (Fsp3) is 0.655. The van der Waals surface area contributed by atoms with Crippen molar-refractivity contribution >= 4 is 48.7 Å². The summed E-state index contributed by atoms with van der Waals surface area (Å²) in [6.07, 6.45) is 38.0. The summed E-state index contributed by atoms with van der Waals surface area (Å²) < 4.78 is 24.5. The molecule has 0 spiro atoms. The van der Waals surface area contributed by atoms with Crippen molar-refractivity contribution in [1.82, 2.24) is 4.57 Å². The van der Waals surface area contributed by atoms with Gasteiger partial charge in [0.25, 0.3) is 0 Å². The smallest absolute Gasteiger partial charge is 0.203 e. The number of nitrogens with zero attached hydrogens (tertiary/aromatic N) is 4. The van der Waals surface area contributed by atoms with Crippen LogP contribution >= 0.6 is 22.7 Å². The van der Waals surface area contributed by atoms with E-state index in [1.807, 2.05) is 18.2 Å². The normalized spacial score (nSPS) is 11.2. The number of allylic oxidation sites excluding steroid dienone is 2. The number of rotatable bonds is 38. The highest BCUT2D eigenvalue weighted by molar-refractivity contribution is 7.27. The lowest BCUT2D eigenvalue weighted by Gasteiger charge is -2.20. The van der Waals surface area contributed by atoms with Crippen LogP contribution in [0.4, 0.5) is 0 Å². The Morgan fingerprint density at radius 3 is 1.30 bits per heavy atom. The Balaban J connectivity index is 1.58. The largest absolute Gasteiger partial charge is 0.489 e.